The number of nitrogens with zero attached hydrogens (tertiary/aromatic N) is 1. The van der Waals surface area contributed by atoms with E-state index in [1.54, 1.807) is 0 Å². The third-order valence-corrected chi connectivity index (χ3v) is 6.14. The highest BCUT2D eigenvalue weighted by atomic mass is 16.4. The molecule has 0 heterocycles. The number of carbonyl (C=O) groups is 2. The van der Waals surface area contributed by atoms with Crippen molar-refractivity contribution < 1.29 is 19.2 Å². The number of unbranched alkanes of at least 4 members (excludes halogenated alkanes) is 12. The van der Waals surface area contributed by atoms with Crippen molar-refractivity contribution in [1.29, 1.82) is 0 Å². The number of hydrogen-bond donors (Lipinski definition) is 1. The first-order chi connectivity index (χ1) is 16.4. The summed E-state index contributed by atoms with van der Waals surface area (Å²) in [6.45, 7) is 3.56. The molecule has 0 aliphatic carbocycles. The summed E-state index contributed by atoms with van der Waals surface area (Å²) >= 11 is 0. The van der Waals surface area contributed by atoms with Gasteiger partial charge in [0.2, 0.25) is 5.91 Å². The third-order valence-electron chi connectivity index (χ3n) is 6.14. The summed E-state index contributed by atoms with van der Waals surface area (Å²) in [6.07, 6.45) is 29.4. The lowest BCUT2D eigenvalue weighted by Gasteiger charge is -2.30. The van der Waals surface area contributed by atoms with Gasteiger partial charge in [-0.15, -0.1) is 0 Å². The van der Waals surface area contributed by atoms with Crippen LogP contribution in [0.2, 0.25) is 0 Å². The summed E-state index contributed by atoms with van der Waals surface area (Å²) in [5.74, 6) is -0.955. The molecule has 0 atom stereocenters. The van der Waals surface area contributed by atoms with Crippen LogP contribution < -0.4 is 10.4 Å². The average molecular weight is 479 g/mol. The molecule has 5 nitrogen and oxygen atoms in total. The van der Waals surface area contributed by atoms with E-state index < -0.39 is 5.97 Å². The van der Waals surface area contributed by atoms with Gasteiger partial charge in [-0.2, -0.15) is 0 Å². The number of nitrogens with one attached hydrogen (secondary N) is 1. The molecule has 0 spiro atoms. The summed E-state index contributed by atoms with van der Waals surface area (Å²) in [6, 6.07) is 0. The molecule has 1 amide bonds. The van der Waals surface area contributed by atoms with Gasteiger partial charge in [-0.25, -0.2) is 0 Å². The molecular weight excluding hydrogens is 424 g/mol. The van der Waals surface area contributed by atoms with E-state index in [0.29, 0.717) is 24.0 Å². The number of rotatable bonds is 24. The minimum absolute atomic E-state index is 0.00299. The summed E-state index contributed by atoms with van der Waals surface area (Å²) in [5, 5.41) is 13.6. The van der Waals surface area contributed by atoms with Crippen LogP contribution in [0.25, 0.3) is 0 Å². The SMILES string of the molecule is CCCCCCCC/C=C\CCCCCC/C=C\CCCC(=O)NCCC[N+](C)(C)CC(=O)[O-]. The van der Waals surface area contributed by atoms with Crippen molar-refractivity contribution in [2.75, 3.05) is 33.7 Å². The molecule has 34 heavy (non-hydrogen) atoms. The minimum Gasteiger partial charge on any atom is -0.544 e. The van der Waals surface area contributed by atoms with E-state index in [2.05, 4.69) is 36.5 Å². The molecule has 0 saturated carbocycles. The molecule has 0 aromatic rings. The van der Waals surface area contributed by atoms with Crippen LogP contribution in [0.15, 0.2) is 24.3 Å². The van der Waals surface area contributed by atoms with E-state index in [9.17, 15) is 14.7 Å². The van der Waals surface area contributed by atoms with Gasteiger partial charge in [-0.1, -0.05) is 76.2 Å². The van der Waals surface area contributed by atoms with Crippen LogP contribution >= 0.6 is 0 Å². The van der Waals surface area contributed by atoms with E-state index in [1.165, 1.54) is 77.0 Å². The number of carbonyl (C=O) groups excluding carboxylic acids is 2. The topological polar surface area (TPSA) is 69.2 Å². The van der Waals surface area contributed by atoms with Crippen LogP contribution in [-0.4, -0.2) is 50.1 Å². The number of carboxylic acids is 1. The van der Waals surface area contributed by atoms with Gasteiger partial charge in [0.25, 0.3) is 0 Å². The Morgan fingerprint density at radius 3 is 1.68 bits per heavy atom. The van der Waals surface area contributed by atoms with Crippen LogP contribution in [0.5, 0.6) is 0 Å². The van der Waals surface area contributed by atoms with Crippen LogP contribution in [0.3, 0.4) is 0 Å². The smallest absolute Gasteiger partial charge is 0.220 e. The molecule has 0 rings (SSSR count). The molecule has 0 aromatic heterocycles. The van der Waals surface area contributed by atoms with E-state index in [1.807, 2.05) is 14.1 Å². The number of aliphatic carboxylic acids is 1. The summed E-state index contributed by atoms with van der Waals surface area (Å²) in [5.41, 5.74) is 0. The lowest BCUT2D eigenvalue weighted by Crippen LogP contribution is -2.49. The van der Waals surface area contributed by atoms with Crippen LogP contribution in [0.4, 0.5) is 0 Å². The largest absolute Gasteiger partial charge is 0.544 e. The molecule has 0 radical (unpaired) electrons. The van der Waals surface area contributed by atoms with Crippen LogP contribution in [-0.2, 0) is 9.59 Å². The summed E-state index contributed by atoms with van der Waals surface area (Å²) in [4.78, 5) is 22.6. The van der Waals surface area contributed by atoms with Crippen LogP contribution in [0, 0.1) is 0 Å². The van der Waals surface area contributed by atoms with E-state index in [0.717, 1.165) is 25.7 Å². The number of hydrogen-bond acceptors (Lipinski definition) is 3. The molecule has 1 N–H and O–H groups in total. The second-order valence-electron chi connectivity index (χ2n) is 10.3. The fourth-order valence-corrected chi connectivity index (χ4v) is 4.02. The van der Waals surface area contributed by atoms with E-state index in [4.69, 9.17) is 0 Å². The standard InChI is InChI=1S/C29H54N2O3/c1-4-5-6-7-8-9-10-11-12-13-14-15-16-17-18-19-20-21-22-24-28(32)30-25-23-26-31(2,3)27-29(33)34/h11-12,19-20H,4-10,13-18,21-27H2,1-3H3,(H-,30,32,33,34)/b12-11-,20-19-. The zero-order valence-corrected chi connectivity index (χ0v) is 22.6. The van der Waals surface area contributed by atoms with Crippen molar-refractivity contribution in [3.63, 3.8) is 0 Å². The van der Waals surface area contributed by atoms with Crippen molar-refractivity contribution in [2.45, 2.75) is 116 Å². The highest BCUT2D eigenvalue weighted by Gasteiger charge is 2.14. The fourth-order valence-electron chi connectivity index (χ4n) is 4.02. The predicted molar refractivity (Wildman–Crippen MR) is 142 cm³/mol. The Bertz CT molecular complexity index is 556. The minimum atomic E-state index is -1.04. The molecule has 5 heteroatoms. The van der Waals surface area contributed by atoms with Gasteiger partial charge in [0.1, 0.15) is 6.54 Å². The van der Waals surface area contributed by atoms with E-state index >= 15 is 0 Å². The van der Waals surface area contributed by atoms with Crippen molar-refractivity contribution in [1.82, 2.24) is 5.32 Å². The monoisotopic (exact) mass is 478 g/mol. The molecular formula is C29H54N2O3. The zero-order chi connectivity index (χ0) is 25.3. The van der Waals surface area contributed by atoms with Crippen molar-refractivity contribution in [3.05, 3.63) is 24.3 Å². The second-order valence-corrected chi connectivity index (χ2v) is 10.3. The maximum atomic E-state index is 11.9. The number of allylic oxidation sites excluding steroid dienone is 4. The first-order valence-electron chi connectivity index (χ1n) is 14.0. The maximum Gasteiger partial charge on any atom is 0.220 e. The van der Waals surface area contributed by atoms with Gasteiger partial charge in [0, 0.05) is 19.4 Å². The number of quaternary nitrogens is 1. The summed E-state index contributed by atoms with van der Waals surface area (Å²) in [7, 11) is 3.72. The van der Waals surface area contributed by atoms with Crippen molar-refractivity contribution >= 4 is 11.9 Å². The molecule has 0 fully saturated rings. The molecule has 0 unspecified atom stereocenters. The normalized spacial score (nSPS) is 12.1. The Hall–Kier alpha value is -1.62. The first kappa shape index (κ1) is 32.4. The molecule has 0 aromatic carbocycles. The molecule has 0 aliphatic heterocycles. The maximum absolute atomic E-state index is 11.9. The highest BCUT2D eigenvalue weighted by Crippen LogP contribution is 2.10. The lowest BCUT2D eigenvalue weighted by molar-refractivity contribution is -0.884. The predicted octanol–water partition coefficient (Wildman–Crippen LogP) is 5.69. The zero-order valence-electron chi connectivity index (χ0n) is 22.6. The van der Waals surface area contributed by atoms with Gasteiger partial charge in [0.05, 0.1) is 26.6 Å². The highest BCUT2D eigenvalue weighted by molar-refractivity contribution is 5.75. The second kappa shape index (κ2) is 23.1. The van der Waals surface area contributed by atoms with Crippen molar-refractivity contribution in [3.8, 4) is 0 Å². The fraction of sp³-hybridized carbons (Fsp3) is 0.793. The van der Waals surface area contributed by atoms with Gasteiger partial charge in [-0.05, 0) is 51.4 Å². The van der Waals surface area contributed by atoms with Gasteiger partial charge >= 0.3 is 0 Å². The van der Waals surface area contributed by atoms with E-state index in [-0.39, 0.29) is 12.5 Å². The quantitative estimate of drug-likeness (QED) is 0.110. The Kier molecular flexibility index (Phi) is 22.0. The third kappa shape index (κ3) is 25.0. The van der Waals surface area contributed by atoms with Gasteiger partial charge < -0.3 is 19.7 Å². The van der Waals surface area contributed by atoms with Gasteiger partial charge in [0.15, 0.2) is 0 Å². The molecule has 0 bridgehead atoms. The molecule has 198 valence electrons. The average Bonchev–Trinajstić information content (AvgIpc) is 2.77. The van der Waals surface area contributed by atoms with Crippen LogP contribution in [0.1, 0.15) is 116 Å². The van der Waals surface area contributed by atoms with Gasteiger partial charge in [-0.3, -0.25) is 4.79 Å². The number of likely N-dealkylation sites (N-methyl/N-ethyl adjacent to an activating group) is 1. The molecule has 0 saturated heterocycles. The first-order valence-corrected chi connectivity index (χ1v) is 14.0. The number of amides is 1. The Morgan fingerprint density at radius 1 is 0.706 bits per heavy atom. The molecule has 0 aliphatic rings. The summed E-state index contributed by atoms with van der Waals surface area (Å²) < 4.78 is 0.374. The Morgan fingerprint density at radius 2 is 1.18 bits per heavy atom. The van der Waals surface area contributed by atoms with Crippen molar-refractivity contribution in [2.24, 2.45) is 0 Å². The Labute approximate surface area is 210 Å². The Balaban J connectivity index is 3.41. The lowest BCUT2D eigenvalue weighted by atomic mass is 10.1. The number of carboxylic acid groups (broad SMARTS) is 1.